The Balaban J connectivity index is 2.50. The summed E-state index contributed by atoms with van der Waals surface area (Å²) in [5.41, 5.74) is 0.915. The minimum absolute atomic E-state index is 0.0602. The van der Waals surface area contributed by atoms with Crippen LogP contribution in [0.3, 0.4) is 0 Å². The molecule has 120 valence electrons. The van der Waals surface area contributed by atoms with E-state index >= 15 is 0 Å². The summed E-state index contributed by atoms with van der Waals surface area (Å²) in [6.45, 7) is 4.61. The molecule has 0 radical (unpaired) electrons. The van der Waals surface area contributed by atoms with E-state index in [9.17, 15) is 14.9 Å². The first kappa shape index (κ1) is 16.3. The van der Waals surface area contributed by atoms with Crippen LogP contribution < -0.4 is 4.74 Å². The molecule has 1 atom stereocenters. The van der Waals surface area contributed by atoms with Crippen LogP contribution in [0.15, 0.2) is 12.1 Å². The molecule has 0 N–H and O–H groups in total. The molecule has 1 aliphatic heterocycles. The van der Waals surface area contributed by atoms with Gasteiger partial charge >= 0.3 is 5.69 Å². The lowest BCUT2D eigenvalue weighted by Crippen LogP contribution is -2.42. The highest BCUT2D eigenvalue weighted by Crippen LogP contribution is 2.34. The van der Waals surface area contributed by atoms with Gasteiger partial charge in [0.15, 0.2) is 0 Å². The number of hydrogen-bond acceptors (Lipinski definition) is 4. The Hall–Kier alpha value is -2.11. The molecule has 1 saturated heterocycles. The van der Waals surface area contributed by atoms with Crippen LogP contribution >= 0.6 is 0 Å². The molecule has 1 aromatic carbocycles. The zero-order chi connectivity index (χ0) is 16.3. The standard InChI is InChI=1S/C16H22N2O4/c1-4-12-9-13(15(22-3)14(10-12)18(20)21)16(19)17-8-6-5-7-11(17)2/h9-11H,4-8H2,1-3H3/t11-/m1/s1. The van der Waals surface area contributed by atoms with E-state index in [1.807, 2.05) is 13.8 Å². The zero-order valence-corrected chi connectivity index (χ0v) is 13.3. The maximum Gasteiger partial charge on any atom is 0.312 e. The molecule has 6 heteroatoms. The van der Waals surface area contributed by atoms with Crippen molar-refractivity contribution in [2.24, 2.45) is 0 Å². The minimum Gasteiger partial charge on any atom is -0.490 e. The molecule has 0 unspecified atom stereocenters. The number of aryl methyl sites for hydroxylation is 1. The molecule has 22 heavy (non-hydrogen) atoms. The molecule has 6 nitrogen and oxygen atoms in total. The van der Waals surface area contributed by atoms with Crippen molar-refractivity contribution in [1.82, 2.24) is 4.90 Å². The van der Waals surface area contributed by atoms with Gasteiger partial charge in [0.05, 0.1) is 17.6 Å². The molecule has 1 aliphatic rings. The van der Waals surface area contributed by atoms with Crippen LogP contribution in [0.5, 0.6) is 5.75 Å². The van der Waals surface area contributed by atoms with E-state index in [0.29, 0.717) is 18.5 Å². The van der Waals surface area contributed by atoms with Crippen LogP contribution in [0.4, 0.5) is 5.69 Å². The highest BCUT2D eigenvalue weighted by molar-refractivity contribution is 5.98. The molecule has 0 aliphatic carbocycles. The van der Waals surface area contributed by atoms with Gasteiger partial charge in [-0.05, 0) is 44.2 Å². The van der Waals surface area contributed by atoms with Gasteiger partial charge in [0.25, 0.3) is 5.91 Å². The van der Waals surface area contributed by atoms with E-state index in [4.69, 9.17) is 4.74 Å². The summed E-state index contributed by atoms with van der Waals surface area (Å²) in [5.74, 6) is -0.118. The number of hydrogen-bond donors (Lipinski definition) is 0. The number of benzene rings is 1. The lowest BCUT2D eigenvalue weighted by atomic mass is 10.00. The van der Waals surface area contributed by atoms with Gasteiger partial charge in [0.1, 0.15) is 0 Å². The number of nitro benzene ring substituents is 1. The summed E-state index contributed by atoms with van der Waals surface area (Å²) < 4.78 is 5.20. The monoisotopic (exact) mass is 306 g/mol. The molecular weight excluding hydrogens is 284 g/mol. The number of amides is 1. The van der Waals surface area contributed by atoms with Gasteiger partial charge in [0, 0.05) is 18.7 Å². The number of methoxy groups -OCH3 is 1. The average Bonchev–Trinajstić information content (AvgIpc) is 2.53. The van der Waals surface area contributed by atoms with E-state index in [-0.39, 0.29) is 23.4 Å². The summed E-state index contributed by atoms with van der Waals surface area (Å²) >= 11 is 0. The highest BCUT2D eigenvalue weighted by atomic mass is 16.6. The van der Waals surface area contributed by atoms with Crippen molar-refractivity contribution in [1.29, 1.82) is 0 Å². The second-order valence-electron chi connectivity index (χ2n) is 5.65. The first-order chi connectivity index (χ1) is 10.5. The third kappa shape index (κ3) is 3.05. The third-order valence-corrected chi connectivity index (χ3v) is 4.23. The zero-order valence-electron chi connectivity index (χ0n) is 13.3. The van der Waals surface area contributed by atoms with E-state index in [2.05, 4.69) is 0 Å². The van der Waals surface area contributed by atoms with E-state index in [0.717, 1.165) is 24.8 Å². The van der Waals surface area contributed by atoms with Gasteiger partial charge in [-0.1, -0.05) is 6.92 Å². The van der Waals surface area contributed by atoms with Gasteiger partial charge in [0.2, 0.25) is 5.75 Å². The van der Waals surface area contributed by atoms with Crippen LogP contribution in [-0.2, 0) is 6.42 Å². The maximum absolute atomic E-state index is 12.9. The first-order valence-electron chi connectivity index (χ1n) is 7.65. The molecule has 1 heterocycles. The average molecular weight is 306 g/mol. The smallest absolute Gasteiger partial charge is 0.312 e. The number of ether oxygens (including phenoxy) is 1. The molecule has 0 bridgehead atoms. The topological polar surface area (TPSA) is 72.7 Å². The van der Waals surface area contributed by atoms with Crippen molar-refractivity contribution < 1.29 is 14.5 Å². The van der Waals surface area contributed by atoms with Crippen LogP contribution in [0, 0.1) is 10.1 Å². The summed E-state index contributed by atoms with van der Waals surface area (Å²) in [7, 11) is 1.37. The largest absolute Gasteiger partial charge is 0.490 e. The number of carbonyl (C=O) groups is 1. The van der Waals surface area contributed by atoms with Crippen molar-refractivity contribution in [3.63, 3.8) is 0 Å². The fraction of sp³-hybridized carbons (Fsp3) is 0.562. The fourth-order valence-electron chi connectivity index (χ4n) is 2.94. The Morgan fingerprint density at radius 2 is 2.18 bits per heavy atom. The van der Waals surface area contributed by atoms with E-state index in [1.54, 1.807) is 11.0 Å². The summed E-state index contributed by atoms with van der Waals surface area (Å²) in [4.78, 5) is 25.4. The van der Waals surface area contributed by atoms with Crippen LogP contribution in [-0.4, -0.2) is 35.4 Å². The molecular formula is C16H22N2O4. The Bertz CT molecular complexity index is 586. The molecule has 0 aromatic heterocycles. The lowest BCUT2D eigenvalue weighted by molar-refractivity contribution is -0.385. The molecule has 1 fully saturated rings. The fourth-order valence-corrected chi connectivity index (χ4v) is 2.94. The number of likely N-dealkylation sites (tertiary alicyclic amines) is 1. The van der Waals surface area contributed by atoms with Gasteiger partial charge in [-0.15, -0.1) is 0 Å². The molecule has 2 rings (SSSR count). The summed E-state index contributed by atoms with van der Waals surface area (Å²) in [6, 6.07) is 3.35. The van der Waals surface area contributed by atoms with Crippen LogP contribution in [0.1, 0.15) is 49.0 Å². The number of carbonyl (C=O) groups excluding carboxylic acids is 1. The Kier molecular flexibility index (Phi) is 5.00. The Morgan fingerprint density at radius 3 is 2.73 bits per heavy atom. The van der Waals surface area contributed by atoms with Gasteiger partial charge in [-0.2, -0.15) is 0 Å². The van der Waals surface area contributed by atoms with Gasteiger partial charge < -0.3 is 9.64 Å². The maximum atomic E-state index is 12.9. The summed E-state index contributed by atoms with van der Waals surface area (Å²) in [6.07, 6.45) is 3.66. The lowest BCUT2D eigenvalue weighted by Gasteiger charge is -2.33. The number of nitrogens with zero attached hydrogens (tertiary/aromatic N) is 2. The SMILES string of the molecule is CCc1cc(C(=O)N2CCCC[C@H]2C)c(OC)c([N+](=O)[O-])c1. The molecule has 0 saturated carbocycles. The van der Waals surface area contributed by atoms with Crippen molar-refractivity contribution in [2.75, 3.05) is 13.7 Å². The predicted molar refractivity (Wildman–Crippen MR) is 83.4 cm³/mol. The predicted octanol–water partition coefficient (Wildman–Crippen LogP) is 3.18. The van der Waals surface area contributed by atoms with Gasteiger partial charge in [-0.3, -0.25) is 14.9 Å². The second kappa shape index (κ2) is 6.77. The van der Waals surface area contributed by atoms with Crippen LogP contribution in [0.25, 0.3) is 0 Å². The van der Waals surface area contributed by atoms with Crippen molar-refractivity contribution >= 4 is 11.6 Å². The Labute approximate surface area is 130 Å². The molecule has 0 spiro atoms. The summed E-state index contributed by atoms with van der Waals surface area (Å²) in [5, 5.41) is 11.3. The van der Waals surface area contributed by atoms with Crippen molar-refractivity contribution in [3.05, 3.63) is 33.4 Å². The van der Waals surface area contributed by atoms with E-state index < -0.39 is 4.92 Å². The number of piperidine rings is 1. The van der Waals surface area contributed by atoms with Crippen molar-refractivity contribution in [3.8, 4) is 5.75 Å². The quantitative estimate of drug-likeness (QED) is 0.632. The molecule has 1 aromatic rings. The van der Waals surface area contributed by atoms with Crippen LogP contribution in [0.2, 0.25) is 0 Å². The normalized spacial score (nSPS) is 18.1. The highest BCUT2D eigenvalue weighted by Gasteiger charge is 2.30. The van der Waals surface area contributed by atoms with Gasteiger partial charge in [-0.25, -0.2) is 0 Å². The third-order valence-electron chi connectivity index (χ3n) is 4.23. The second-order valence-corrected chi connectivity index (χ2v) is 5.65. The first-order valence-corrected chi connectivity index (χ1v) is 7.65. The van der Waals surface area contributed by atoms with E-state index in [1.165, 1.54) is 13.2 Å². The molecule has 1 amide bonds. The Morgan fingerprint density at radius 1 is 1.45 bits per heavy atom. The minimum atomic E-state index is -0.492. The van der Waals surface area contributed by atoms with Crippen molar-refractivity contribution in [2.45, 2.75) is 45.6 Å². The number of nitro groups is 1. The number of rotatable bonds is 4.